The molecule has 0 saturated heterocycles. The first-order chi connectivity index (χ1) is 5.68. The molecular formula is C8H6BBrO2. The van der Waals surface area contributed by atoms with Crippen LogP contribution >= 0.6 is 15.9 Å². The van der Waals surface area contributed by atoms with Gasteiger partial charge >= 0.3 is 5.97 Å². The van der Waals surface area contributed by atoms with Gasteiger partial charge in [0.05, 0.1) is 11.6 Å². The minimum Gasteiger partial charge on any atom is -0.464 e. The van der Waals surface area contributed by atoms with Crippen molar-refractivity contribution in [2.75, 3.05) is 0 Å². The molecule has 0 bridgehead atoms. The summed E-state index contributed by atoms with van der Waals surface area (Å²) in [5.74, 6) is -0.218. The predicted molar refractivity (Wildman–Crippen MR) is 50.8 cm³/mol. The molecular weight excluding hydrogens is 219 g/mol. The van der Waals surface area contributed by atoms with Crippen LogP contribution < -0.4 is 0 Å². The van der Waals surface area contributed by atoms with Gasteiger partial charge in [-0.3, -0.25) is 0 Å². The van der Waals surface area contributed by atoms with Crippen molar-refractivity contribution in [1.29, 1.82) is 0 Å². The maximum Gasteiger partial charge on any atom is 0.338 e. The SMILES string of the molecule is BC1OC(=O)c2ccc(Br)cc21. The average molecular weight is 225 g/mol. The van der Waals surface area contributed by atoms with E-state index in [4.69, 9.17) is 4.74 Å². The number of cyclic esters (lactones) is 1. The summed E-state index contributed by atoms with van der Waals surface area (Å²) in [6, 6.07) is 5.44. The molecule has 0 aromatic heterocycles. The molecule has 0 spiro atoms. The largest absolute Gasteiger partial charge is 0.464 e. The summed E-state index contributed by atoms with van der Waals surface area (Å²) in [6.45, 7) is 0. The second-order valence-corrected chi connectivity index (χ2v) is 3.69. The highest BCUT2D eigenvalue weighted by molar-refractivity contribution is 9.10. The Balaban J connectivity index is 2.60. The lowest BCUT2D eigenvalue weighted by Crippen LogP contribution is -1.96. The lowest BCUT2D eigenvalue weighted by molar-refractivity contribution is 0.0512. The number of hydrogen-bond acceptors (Lipinski definition) is 2. The van der Waals surface area contributed by atoms with Crippen molar-refractivity contribution in [2.24, 2.45) is 0 Å². The third-order valence-corrected chi connectivity index (χ3v) is 2.45. The standard InChI is InChI=1S/C8H6BBrO2/c9-7-6-3-4(10)1-2-5(6)8(11)12-7/h1-3,7H,9H2. The summed E-state index contributed by atoms with van der Waals surface area (Å²) in [4.78, 5) is 11.1. The van der Waals surface area contributed by atoms with E-state index in [1.54, 1.807) is 6.07 Å². The highest BCUT2D eigenvalue weighted by Crippen LogP contribution is 2.30. The van der Waals surface area contributed by atoms with Crippen molar-refractivity contribution in [3.63, 3.8) is 0 Å². The van der Waals surface area contributed by atoms with Crippen molar-refractivity contribution in [3.8, 4) is 0 Å². The monoisotopic (exact) mass is 224 g/mol. The van der Waals surface area contributed by atoms with E-state index in [1.165, 1.54) is 0 Å². The molecule has 12 heavy (non-hydrogen) atoms. The summed E-state index contributed by atoms with van der Waals surface area (Å²) in [5, 5.41) is 0. The predicted octanol–water partition coefficient (Wildman–Crippen LogP) is 1.25. The van der Waals surface area contributed by atoms with E-state index in [-0.39, 0.29) is 12.0 Å². The van der Waals surface area contributed by atoms with E-state index in [0.717, 1.165) is 10.0 Å². The van der Waals surface area contributed by atoms with Crippen LogP contribution in [0.5, 0.6) is 0 Å². The summed E-state index contributed by atoms with van der Waals surface area (Å²) < 4.78 is 6.01. The van der Waals surface area contributed by atoms with E-state index in [9.17, 15) is 4.79 Å². The van der Waals surface area contributed by atoms with Gasteiger partial charge in [0.25, 0.3) is 0 Å². The fourth-order valence-electron chi connectivity index (χ4n) is 1.34. The summed E-state index contributed by atoms with van der Waals surface area (Å²) in [5.41, 5.74) is 1.65. The molecule has 2 nitrogen and oxygen atoms in total. The normalized spacial score (nSPS) is 20.4. The molecule has 0 fully saturated rings. The number of hydrogen-bond donors (Lipinski definition) is 0. The Morgan fingerprint density at radius 2 is 2.25 bits per heavy atom. The van der Waals surface area contributed by atoms with E-state index in [1.807, 2.05) is 20.0 Å². The number of ether oxygens (including phenoxy) is 1. The van der Waals surface area contributed by atoms with Gasteiger partial charge in [-0.2, -0.15) is 0 Å². The van der Waals surface area contributed by atoms with Crippen molar-refractivity contribution in [2.45, 2.75) is 6.00 Å². The first kappa shape index (κ1) is 7.86. The molecule has 1 atom stereocenters. The molecule has 4 heteroatoms. The van der Waals surface area contributed by atoms with Crippen LogP contribution in [0.15, 0.2) is 22.7 Å². The van der Waals surface area contributed by atoms with Gasteiger partial charge in [-0.05, 0) is 23.8 Å². The Morgan fingerprint density at radius 3 is 3.00 bits per heavy atom. The maximum absolute atomic E-state index is 11.1. The first-order valence-electron chi connectivity index (χ1n) is 3.69. The Labute approximate surface area is 79.4 Å². The summed E-state index contributed by atoms with van der Waals surface area (Å²) in [6.07, 6.45) is 0. The minimum atomic E-state index is -0.218. The molecule has 1 aromatic rings. The number of benzene rings is 1. The van der Waals surface area contributed by atoms with Gasteiger partial charge in [0.2, 0.25) is 0 Å². The Kier molecular flexibility index (Phi) is 1.72. The fourth-order valence-corrected chi connectivity index (χ4v) is 1.72. The highest BCUT2D eigenvalue weighted by Gasteiger charge is 2.26. The van der Waals surface area contributed by atoms with Crippen molar-refractivity contribution >= 4 is 29.7 Å². The third-order valence-electron chi connectivity index (χ3n) is 1.96. The molecule has 0 amide bonds. The number of carbonyl (C=O) groups excluding carboxylic acids is 1. The molecule has 60 valence electrons. The molecule has 1 unspecified atom stereocenters. The van der Waals surface area contributed by atoms with Crippen molar-refractivity contribution in [1.82, 2.24) is 0 Å². The van der Waals surface area contributed by atoms with Crippen LogP contribution in [0.4, 0.5) is 0 Å². The topological polar surface area (TPSA) is 26.3 Å². The molecule has 0 aliphatic carbocycles. The zero-order valence-electron chi connectivity index (χ0n) is 6.50. The average Bonchev–Trinajstić information content (AvgIpc) is 2.28. The first-order valence-corrected chi connectivity index (χ1v) is 4.48. The molecule has 1 aliphatic rings. The van der Waals surface area contributed by atoms with E-state index in [2.05, 4.69) is 15.9 Å². The fraction of sp³-hybridized carbons (Fsp3) is 0.125. The second kappa shape index (κ2) is 2.63. The van der Waals surface area contributed by atoms with Gasteiger partial charge in [-0.1, -0.05) is 15.9 Å². The van der Waals surface area contributed by atoms with Gasteiger partial charge < -0.3 is 4.74 Å². The number of fused-ring (bicyclic) bond motifs is 1. The van der Waals surface area contributed by atoms with Crippen LogP contribution in [0.2, 0.25) is 0 Å². The van der Waals surface area contributed by atoms with Crippen LogP contribution in [0.1, 0.15) is 21.9 Å². The quantitative estimate of drug-likeness (QED) is 0.490. The molecule has 1 heterocycles. The summed E-state index contributed by atoms with van der Waals surface area (Å²) in [7, 11) is 1.87. The Hall–Kier alpha value is -0.765. The molecule has 1 aliphatic heterocycles. The van der Waals surface area contributed by atoms with E-state index < -0.39 is 0 Å². The lowest BCUT2D eigenvalue weighted by Gasteiger charge is -2.01. The Morgan fingerprint density at radius 1 is 1.50 bits per heavy atom. The number of halogens is 1. The van der Waals surface area contributed by atoms with Crippen LogP contribution in [0.25, 0.3) is 0 Å². The lowest BCUT2D eigenvalue weighted by atomic mass is 9.91. The van der Waals surface area contributed by atoms with Gasteiger partial charge in [0.1, 0.15) is 0 Å². The van der Waals surface area contributed by atoms with Crippen molar-refractivity contribution < 1.29 is 9.53 Å². The minimum absolute atomic E-state index is 0.106. The molecule has 1 aromatic carbocycles. The second-order valence-electron chi connectivity index (χ2n) is 2.78. The highest BCUT2D eigenvalue weighted by atomic mass is 79.9. The number of esters is 1. The zero-order valence-corrected chi connectivity index (χ0v) is 8.09. The van der Waals surface area contributed by atoms with Gasteiger partial charge in [-0.15, -0.1) is 0 Å². The van der Waals surface area contributed by atoms with Gasteiger partial charge in [0, 0.05) is 4.47 Å². The van der Waals surface area contributed by atoms with Crippen LogP contribution in [-0.2, 0) is 4.74 Å². The molecule has 0 saturated carbocycles. The van der Waals surface area contributed by atoms with E-state index >= 15 is 0 Å². The summed E-state index contributed by atoms with van der Waals surface area (Å²) >= 11 is 3.35. The molecule has 2 rings (SSSR count). The van der Waals surface area contributed by atoms with Crippen LogP contribution in [0, 0.1) is 0 Å². The number of rotatable bonds is 0. The smallest absolute Gasteiger partial charge is 0.338 e. The van der Waals surface area contributed by atoms with E-state index in [0.29, 0.717) is 5.56 Å². The third kappa shape index (κ3) is 1.07. The zero-order chi connectivity index (χ0) is 8.72. The Bertz CT molecular complexity index is 351. The van der Waals surface area contributed by atoms with Crippen LogP contribution in [0.3, 0.4) is 0 Å². The molecule has 0 N–H and O–H groups in total. The van der Waals surface area contributed by atoms with Crippen molar-refractivity contribution in [3.05, 3.63) is 33.8 Å². The maximum atomic E-state index is 11.1. The van der Waals surface area contributed by atoms with Gasteiger partial charge in [-0.25, -0.2) is 4.79 Å². The van der Waals surface area contributed by atoms with Crippen LogP contribution in [-0.4, -0.2) is 13.8 Å². The number of carbonyl (C=O) groups is 1. The molecule has 0 radical (unpaired) electrons. The van der Waals surface area contributed by atoms with Gasteiger partial charge in [0.15, 0.2) is 7.85 Å².